The van der Waals surface area contributed by atoms with Crippen LogP contribution in [0.4, 0.5) is 6.01 Å². The van der Waals surface area contributed by atoms with Crippen LogP contribution in [0.2, 0.25) is 0 Å². The molecule has 0 aliphatic carbocycles. The molecule has 2 aromatic carbocycles. The van der Waals surface area contributed by atoms with Gasteiger partial charge >= 0.3 is 11.6 Å². The molecule has 0 amide bonds. The third-order valence-electron chi connectivity index (χ3n) is 3.54. The Morgan fingerprint density at radius 2 is 1.70 bits per heavy atom. The molecule has 0 saturated carbocycles. The molecule has 6 heteroatoms. The van der Waals surface area contributed by atoms with Crippen molar-refractivity contribution in [3.05, 3.63) is 65.0 Å². The molecule has 0 unspecified atom stereocenters. The Balaban J connectivity index is 1.79. The molecular weight excluding hydrogens is 294 g/mol. The van der Waals surface area contributed by atoms with Crippen LogP contribution < -0.4 is 11.4 Å². The highest BCUT2D eigenvalue weighted by molar-refractivity contribution is 5.81. The minimum atomic E-state index is -0.375. The summed E-state index contributed by atoms with van der Waals surface area (Å²) in [5.74, 6) is 0.402. The third kappa shape index (κ3) is 2.36. The van der Waals surface area contributed by atoms with Crippen molar-refractivity contribution in [3.8, 4) is 22.5 Å². The van der Waals surface area contributed by atoms with Crippen molar-refractivity contribution >= 4 is 17.0 Å². The van der Waals surface area contributed by atoms with Crippen LogP contribution in [-0.4, -0.2) is 10.1 Å². The van der Waals surface area contributed by atoms with Crippen molar-refractivity contribution in [3.63, 3.8) is 0 Å². The van der Waals surface area contributed by atoms with Gasteiger partial charge in [0.15, 0.2) is 0 Å². The summed E-state index contributed by atoms with van der Waals surface area (Å²) in [6.45, 7) is 0. The van der Waals surface area contributed by atoms with E-state index >= 15 is 0 Å². The lowest BCUT2D eigenvalue weighted by Crippen LogP contribution is -2.02. The van der Waals surface area contributed by atoms with Gasteiger partial charge in [-0.1, -0.05) is 47.6 Å². The summed E-state index contributed by atoms with van der Waals surface area (Å²) >= 11 is 0. The fraction of sp³-hybridized carbons (Fsp3) is 0. The number of nitrogens with zero attached hydrogens (tertiary/aromatic N) is 2. The first-order valence-corrected chi connectivity index (χ1v) is 6.93. The van der Waals surface area contributed by atoms with Crippen molar-refractivity contribution in [2.24, 2.45) is 0 Å². The number of para-hydroxylation sites is 1. The quantitative estimate of drug-likeness (QED) is 0.572. The molecule has 0 atom stereocenters. The second kappa shape index (κ2) is 5.10. The Labute approximate surface area is 130 Å². The Kier molecular flexibility index (Phi) is 2.94. The molecule has 112 valence electrons. The van der Waals surface area contributed by atoms with E-state index in [0.29, 0.717) is 17.0 Å². The Morgan fingerprint density at radius 3 is 2.43 bits per heavy atom. The highest BCUT2D eigenvalue weighted by Gasteiger charge is 2.10. The molecule has 2 N–H and O–H groups in total. The molecule has 0 saturated heterocycles. The maximum Gasteiger partial charge on any atom is 0.344 e. The second-order valence-electron chi connectivity index (χ2n) is 5.02. The molecule has 0 fully saturated rings. The number of aromatic nitrogens is 2. The SMILES string of the molecule is Nc1nc(-c2ccc(-c3cc4ccccc4oc3=O)cc2)no1. The van der Waals surface area contributed by atoms with Crippen molar-refractivity contribution in [1.29, 1.82) is 0 Å². The number of benzene rings is 2. The van der Waals surface area contributed by atoms with Crippen LogP contribution >= 0.6 is 0 Å². The maximum atomic E-state index is 12.2. The number of nitrogen functional groups attached to an aromatic ring is 1. The Hall–Kier alpha value is -3.41. The van der Waals surface area contributed by atoms with Crippen molar-refractivity contribution in [2.75, 3.05) is 5.73 Å². The van der Waals surface area contributed by atoms with Crippen LogP contribution in [0, 0.1) is 0 Å². The number of nitrogens with two attached hydrogens (primary N) is 1. The zero-order valence-corrected chi connectivity index (χ0v) is 11.9. The standard InChI is InChI=1S/C17H11N3O3/c18-17-19-15(20-23-17)11-7-5-10(6-8-11)13-9-12-3-1-2-4-14(12)22-16(13)21/h1-9H,(H2,18,19,20). The molecule has 2 aromatic heterocycles. The van der Waals surface area contributed by atoms with Gasteiger partial charge in [-0.05, 0) is 17.7 Å². The van der Waals surface area contributed by atoms with E-state index in [2.05, 4.69) is 10.1 Å². The summed E-state index contributed by atoms with van der Waals surface area (Å²) in [7, 11) is 0. The fourth-order valence-electron chi connectivity index (χ4n) is 2.41. The minimum Gasteiger partial charge on any atom is -0.422 e. The summed E-state index contributed by atoms with van der Waals surface area (Å²) in [5, 5.41) is 4.63. The minimum absolute atomic E-state index is 0.0132. The van der Waals surface area contributed by atoms with Crippen molar-refractivity contribution in [1.82, 2.24) is 10.1 Å². The summed E-state index contributed by atoms with van der Waals surface area (Å²) in [6.07, 6.45) is 0. The lowest BCUT2D eigenvalue weighted by atomic mass is 10.0. The maximum absolute atomic E-state index is 12.2. The predicted molar refractivity (Wildman–Crippen MR) is 85.6 cm³/mol. The monoisotopic (exact) mass is 305 g/mol. The molecule has 6 nitrogen and oxygen atoms in total. The number of hydrogen-bond donors (Lipinski definition) is 1. The molecule has 0 spiro atoms. The zero-order chi connectivity index (χ0) is 15.8. The molecule has 23 heavy (non-hydrogen) atoms. The molecule has 2 heterocycles. The second-order valence-corrected chi connectivity index (χ2v) is 5.02. The summed E-state index contributed by atoms with van der Waals surface area (Å²) in [4.78, 5) is 16.1. The average molecular weight is 305 g/mol. The number of fused-ring (bicyclic) bond motifs is 1. The van der Waals surface area contributed by atoms with Gasteiger partial charge in [-0.3, -0.25) is 0 Å². The van der Waals surface area contributed by atoms with E-state index < -0.39 is 0 Å². The molecular formula is C17H11N3O3. The molecule has 0 bridgehead atoms. The lowest BCUT2D eigenvalue weighted by Gasteiger charge is -2.03. The van der Waals surface area contributed by atoms with Crippen molar-refractivity contribution in [2.45, 2.75) is 0 Å². The van der Waals surface area contributed by atoms with Gasteiger partial charge in [-0.25, -0.2) is 4.79 Å². The number of rotatable bonds is 2. The highest BCUT2D eigenvalue weighted by atomic mass is 16.5. The first-order valence-electron chi connectivity index (χ1n) is 6.93. The molecule has 0 radical (unpaired) electrons. The summed E-state index contributed by atoms with van der Waals surface area (Å²) in [5.41, 5.74) is 7.62. The van der Waals surface area contributed by atoms with E-state index in [1.807, 2.05) is 36.4 Å². The van der Waals surface area contributed by atoms with E-state index in [4.69, 9.17) is 14.7 Å². The van der Waals surface area contributed by atoms with E-state index in [0.717, 1.165) is 16.5 Å². The Bertz CT molecular complexity index is 1050. The topological polar surface area (TPSA) is 95.2 Å². The van der Waals surface area contributed by atoms with Crippen LogP contribution in [-0.2, 0) is 0 Å². The normalized spacial score (nSPS) is 11.0. The van der Waals surface area contributed by atoms with Gasteiger partial charge in [0.05, 0.1) is 5.56 Å². The van der Waals surface area contributed by atoms with Gasteiger partial charge < -0.3 is 14.7 Å². The van der Waals surface area contributed by atoms with E-state index in [1.54, 1.807) is 18.2 Å². The van der Waals surface area contributed by atoms with Crippen LogP contribution in [0.3, 0.4) is 0 Å². The lowest BCUT2D eigenvalue weighted by molar-refractivity contribution is 0.437. The molecule has 4 rings (SSSR count). The largest absolute Gasteiger partial charge is 0.422 e. The van der Waals surface area contributed by atoms with Crippen molar-refractivity contribution < 1.29 is 8.94 Å². The zero-order valence-electron chi connectivity index (χ0n) is 11.9. The van der Waals surface area contributed by atoms with Gasteiger partial charge in [0.25, 0.3) is 0 Å². The predicted octanol–water partition coefficient (Wildman–Crippen LogP) is 3.09. The number of anilines is 1. The van der Waals surface area contributed by atoms with Gasteiger partial charge in [0.2, 0.25) is 5.82 Å². The summed E-state index contributed by atoms with van der Waals surface area (Å²) in [6, 6.07) is 16.4. The van der Waals surface area contributed by atoms with Crippen LogP contribution in [0.25, 0.3) is 33.5 Å². The van der Waals surface area contributed by atoms with E-state index in [-0.39, 0.29) is 11.6 Å². The number of hydrogen-bond acceptors (Lipinski definition) is 6. The first-order chi connectivity index (χ1) is 11.2. The summed E-state index contributed by atoms with van der Waals surface area (Å²) < 4.78 is 10.1. The van der Waals surface area contributed by atoms with E-state index in [9.17, 15) is 4.79 Å². The van der Waals surface area contributed by atoms with Crippen LogP contribution in [0.5, 0.6) is 0 Å². The van der Waals surface area contributed by atoms with Gasteiger partial charge in [0, 0.05) is 10.9 Å². The molecule has 0 aliphatic heterocycles. The van der Waals surface area contributed by atoms with Crippen LogP contribution in [0.15, 0.2) is 68.3 Å². The average Bonchev–Trinajstić information content (AvgIpc) is 3.01. The highest BCUT2D eigenvalue weighted by Crippen LogP contribution is 2.24. The van der Waals surface area contributed by atoms with Crippen LogP contribution in [0.1, 0.15) is 0 Å². The first kappa shape index (κ1) is 13.3. The Morgan fingerprint density at radius 1 is 0.957 bits per heavy atom. The van der Waals surface area contributed by atoms with E-state index in [1.165, 1.54) is 0 Å². The third-order valence-corrected chi connectivity index (χ3v) is 3.54. The fourth-order valence-corrected chi connectivity index (χ4v) is 2.41. The van der Waals surface area contributed by atoms with Gasteiger partial charge in [-0.15, -0.1) is 0 Å². The smallest absolute Gasteiger partial charge is 0.344 e. The molecule has 0 aliphatic rings. The molecule has 4 aromatic rings. The van der Waals surface area contributed by atoms with Gasteiger partial charge in [-0.2, -0.15) is 4.98 Å². The van der Waals surface area contributed by atoms with Gasteiger partial charge in [0.1, 0.15) is 5.58 Å².